The molecule has 2 aromatic rings. The van der Waals surface area contributed by atoms with E-state index in [0.717, 1.165) is 7.11 Å². The molecule has 0 aliphatic carbocycles. The van der Waals surface area contributed by atoms with E-state index >= 15 is 0 Å². The fourth-order valence-corrected chi connectivity index (χ4v) is 2.64. The Morgan fingerprint density at radius 2 is 2.10 bits per heavy atom. The third kappa shape index (κ3) is 5.30. The van der Waals surface area contributed by atoms with Crippen LogP contribution in [0.4, 0.5) is 4.39 Å². The zero-order chi connectivity index (χ0) is 21.6. The van der Waals surface area contributed by atoms with E-state index in [4.69, 9.17) is 42.8 Å². The van der Waals surface area contributed by atoms with Crippen LogP contribution in [0.2, 0.25) is 5.02 Å². The number of carbonyl (C=O) groups excluding carboxylic acids is 1. The number of amidine groups is 1. The van der Waals surface area contributed by atoms with Crippen LogP contribution in [0.5, 0.6) is 5.75 Å². The van der Waals surface area contributed by atoms with Crippen molar-refractivity contribution in [3.63, 3.8) is 0 Å². The van der Waals surface area contributed by atoms with Gasteiger partial charge in [-0.1, -0.05) is 29.8 Å². The van der Waals surface area contributed by atoms with E-state index in [-0.39, 0.29) is 45.1 Å². The van der Waals surface area contributed by atoms with Crippen LogP contribution in [0.1, 0.15) is 11.3 Å². The topological polar surface area (TPSA) is 99.1 Å². The minimum atomic E-state index is -0.853. The lowest BCUT2D eigenvalue weighted by atomic mass is 10.1. The average Bonchev–Trinajstić information content (AvgIpc) is 3.23. The fourth-order valence-electron chi connectivity index (χ4n) is 2.23. The summed E-state index contributed by atoms with van der Waals surface area (Å²) in [6, 6.07) is 6.19. The Kier molecular flexibility index (Phi) is 7.69. The number of hydrogen-bond acceptors (Lipinski definition) is 6. The van der Waals surface area contributed by atoms with E-state index in [9.17, 15) is 9.18 Å². The van der Waals surface area contributed by atoms with Crippen LogP contribution in [0.15, 0.2) is 57.2 Å². The number of nitrogens with zero attached hydrogens (tertiary/aromatic N) is 1. The zero-order valence-electron chi connectivity index (χ0n) is 15.6. The summed E-state index contributed by atoms with van der Waals surface area (Å²) in [6.07, 6.45) is 1.48. The molecule has 0 saturated heterocycles. The summed E-state index contributed by atoms with van der Waals surface area (Å²) < 4.78 is 29.4. The van der Waals surface area contributed by atoms with Crippen LogP contribution >= 0.6 is 23.2 Å². The van der Waals surface area contributed by atoms with Gasteiger partial charge in [-0.05, 0) is 24.3 Å². The largest absolute Gasteiger partial charge is 0.492 e. The molecule has 0 amide bonds. The number of nitrogens with two attached hydrogens (primary N) is 1. The first-order chi connectivity index (χ1) is 13.8. The molecular formula is C19H18Cl2FN3O4. The van der Waals surface area contributed by atoms with Crippen molar-refractivity contribution in [3.05, 3.63) is 70.0 Å². The second kappa shape index (κ2) is 9.99. The highest BCUT2D eigenvalue weighted by atomic mass is 35.5. The minimum Gasteiger partial charge on any atom is -0.492 e. The molecule has 0 atom stereocenters. The smallest absolute Gasteiger partial charge is 0.356 e. The molecular weight excluding hydrogens is 424 g/mol. The summed E-state index contributed by atoms with van der Waals surface area (Å²) >= 11 is 12.1. The highest BCUT2D eigenvalue weighted by molar-refractivity contribution is 6.44. The molecule has 1 heterocycles. The Hall–Kier alpha value is -2.97. The number of rotatable bonds is 8. The highest BCUT2D eigenvalue weighted by Crippen LogP contribution is 2.32. The number of esters is 1. The van der Waals surface area contributed by atoms with Crippen LogP contribution in [-0.4, -0.2) is 26.0 Å². The maximum absolute atomic E-state index is 14.6. The second-order valence-electron chi connectivity index (χ2n) is 5.51. The van der Waals surface area contributed by atoms with Gasteiger partial charge in [0.25, 0.3) is 0 Å². The maximum atomic E-state index is 14.6. The molecule has 2 rings (SSSR count). The van der Waals surface area contributed by atoms with Crippen molar-refractivity contribution in [2.75, 3.05) is 14.2 Å². The molecule has 1 aromatic heterocycles. The van der Waals surface area contributed by atoms with Crippen LogP contribution in [0.25, 0.3) is 5.70 Å². The number of hydrogen-bond donors (Lipinski definition) is 2. The predicted octanol–water partition coefficient (Wildman–Crippen LogP) is 3.82. The van der Waals surface area contributed by atoms with Gasteiger partial charge in [0.2, 0.25) is 0 Å². The summed E-state index contributed by atoms with van der Waals surface area (Å²) in [6.45, 7) is 3.83. The van der Waals surface area contributed by atoms with Crippen molar-refractivity contribution >= 4 is 40.7 Å². The predicted molar refractivity (Wildman–Crippen MR) is 109 cm³/mol. The molecule has 1 aromatic carbocycles. The van der Waals surface area contributed by atoms with E-state index in [0.29, 0.717) is 5.76 Å². The molecule has 0 bridgehead atoms. The summed E-state index contributed by atoms with van der Waals surface area (Å²) in [7, 11) is 2.43. The third-order valence-electron chi connectivity index (χ3n) is 3.67. The Bertz CT molecular complexity index is 972. The molecule has 10 heteroatoms. The lowest BCUT2D eigenvalue weighted by molar-refractivity contribution is -0.136. The van der Waals surface area contributed by atoms with Gasteiger partial charge in [0.15, 0.2) is 11.6 Å². The molecule has 3 N–H and O–H groups in total. The van der Waals surface area contributed by atoms with Crippen molar-refractivity contribution in [1.29, 1.82) is 0 Å². The fraction of sp³-hybridized carbons (Fsp3) is 0.158. The van der Waals surface area contributed by atoms with Gasteiger partial charge in [0.05, 0.1) is 32.1 Å². The van der Waals surface area contributed by atoms with Gasteiger partial charge in [0.1, 0.15) is 22.3 Å². The van der Waals surface area contributed by atoms with Crippen LogP contribution in [-0.2, 0) is 16.1 Å². The third-order valence-corrected chi connectivity index (χ3v) is 4.35. The number of halogens is 3. The molecule has 0 spiro atoms. The SMILES string of the molecule is C=C(NC(C(=O)OC)=C(Cl)C(N)=NCc1ccco1)c1ccc(Cl)c(OC)c1F. The lowest BCUT2D eigenvalue weighted by Gasteiger charge is -2.16. The Balaban J connectivity index is 2.35. The molecule has 0 fully saturated rings. The summed E-state index contributed by atoms with van der Waals surface area (Å²) in [5.74, 6) is -1.39. The number of furan rings is 1. The van der Waals surface area contributed by atoms with Gasteiger partial charge in [-0.15, -0.1) is 0 Å². The van der Waals surface area contributed by atoms with Crippen LogP contribution in [0, 0.1) is 5.82 Å². The highest BCUT2D eigenvalue weighted by Gasteiger charge is 2.21. The number of methoxy groups -OCH3 is 2. The first kappa shape index (κ1) is 22.3. The number of aliphatic imine (C=N–C) groups is 1. The number of ether oxygens (including phenoxy) is 2. The maximum Gasteiger partial charge on any atom is 0.356 e. The summed E-state index contributed by atoms with van der Waals surface area (Å²) in [5.41, 5.74) is 5.59. The number of benzene rings is 1. The van der Waals surface area contributed by atoms with E-state index < -0.39 is 11.8 Å². The first-order valence-corrected chi connectivity index (χ1v) is 8.84. The van der Waals surface area contributed by atoms with Crippen molar-refractivity contribution in [2.45, 2.75) is 6.54 Å². The first-order valence-electron chi connectivity index (χ1n) is 8.09. The van der Waals surface area contributed by atoms with Gasteiger partial charge in [-0.25, -0.2) is 9.18 Å². The van der Waals surface area contributed by atoms with E-state index in [1.807, 2.05) is 0 Å². The van der Waals surface area contributed by atoms with Crippen LogP contribution < -0.4 is 15.8 Å². The number of carbonyl (C=O) groups is 1. The van der Waals surface area contributed by atoms with Gasteiger partial charge >= 0.3 is 5.97 Å². The van der Waals surface area contributed by atoms with E-state index in [1.165, 1.54) is 25.5 Å². The van der Waals surface area contributed by atoms with Gasteiger partial charge in [-0.3, -0.25) is 4.99 Å². The van der Waals surface area contributed by atoms with Crippen molar-refractivity contribution in [2.24, 2.45) is 10.7 Å². The van der Waals surface area contributed by atoms with Crippen molar-refractivity contribution in [3.8, 4) is 5.75 Å². The average molecular weight is 442 g/mol. The molecule has 154 valence electrons. The summed E-state index contributed by atoms with van der Waals surface area (Å²) in [5, 5.41) is 2.48. The van der Waals surface area contributed by atoms with Gasteiger partial charge in [-0.2, -0.15) is 0 Å². The molecule has 0 unspecified atom stereocenters. The standard InChI is InChI=1S/C19H18Cl2FN3O4/c1-10(12-6-7-13(20)17(27-2)15(12)22)25-16(19(26)28-3)14(21)18(23)24-9-11-5-4-8-29-11/h4-8,25H,1,9H2,2-3H3,(H2,23,24). The molecule has 29 heavy (non-hydrogen) atoms. The monoisotopic (exact) mass is 441 g/mol. The molecule has 0 aliphatic heterocycles. The molecule has 7 nitrogen and oxygen atoms in total. The normalized spacial score (nSPS) is 12.2. The van der Waals surface area contributed by atoms with Crippen LogP contribution in [0.3, 0.4) is 0 Å². The molecule has 0 aliphatic rings. The second-order valence-corrected chi connectivity index (χ2v) is 6.29. The zero-order valence-corrected chi connectivity index (χ0v) is 17.1. The Morgan fingerprint density at radius 1 is 1.38 bits per heavy atom. The quantitative estimate of drug-likeness (QED) is 0.279. The van der Waals surface area contributed by atoms with Gasteiger partial charge in [0, 0.05) is 11.3 Å². The summed E-state index contributed by atoms with van der Waals surface area (Å²) in [4.78, 5) is 16.2. The Morgan fingerprint density at radius 3 is 2.69 bits per heavy atom. The minimum absolute atomic E-state index is 0.00298. The van der Waals surface area contributed by atoms with Gasteiger partial charge < -0.3 is 24.9 Å². The molecule has 0 saturated carbocycles. The molecule has 0 radical (unpaired) electrons. The van der Waals surface area contributed by atoms with E-state index in [2.05, 4.69) is 16.9 Å². The lowest BCUT2D eigenvalue weighted by Crippen LogP contribution is -2.26. The van der Waals surface area contributed by atoms with E-state index in [1.54, 1.807) is 12.1 Å². The Labute approximate surface area is 176 Å². The number of nitrogens with one attached hydrogen (secondary N) is 1. The van der Waals surface area contributed by atoms with Crippen molar-refractivity contribution < 1.29 is 23.1 Å². The van der Waals surface area contributed by atoms with Crippen molar-refractivity contribution in [1.82, 2.24) is 5.32 Å².